The standard InChI is InChI=1S/C9H19O2Si.3C4H9.Li.Sn/c1-9(2,3)11-8(10)7-12(4,5)6;3*1-3-4-2;;/h10H,1-6H3;3*1,3-4H2,2H3;;/q;;;;+1;/p-1. The molecule has 5 heteroatoms. The van der Waals surface area contributed by atoms with E-state index in [-0.39, 0.29) is 30.4 Å². The molecular formula is C21H45LiO2SiSn. The summed E-state index contributed by atoms with van der Waals surface area (Å²) in [7, 11) is -1.70. The predicted molar refractivity (Wildman–Crippen MR) is 116 cm³/mol. The van der Waals surface area contributed by atoms with Gasteiger partial charge >= 0.3 is 183 Å². The van der Waals surface area contributed by atoms with Crippen LogP contribution in [0.2, 0.25) is 33.0 Å². The molecule has 26 heavy (non-hydrogen) atoms. The fourth-order valence-corrected chi connectivity index (χ4v) is 36.8. The molecule has 0 bridgehead atoms. The van der Waals surface area contributed by atoms with Gasteiger partial charge in [-0.05, 0) is 0 Å². The van der Waals surface area contributed by atoms with Gasteiger partial charge in [0, 0.05) is 0 Å². The van der Waals surface area contributed by atoms with Crippen LogP contribution in [0.25, 0.3) is 0 Å². The average molecular weight is 483 g/mol. The smallest absolute Gasteiger partial charge is 1.00 e. The summed E-state index contributed by atoms with van der Waals surface area (Å²) in [6.45, 7) is 20.0. The van der Waals surface area contributed by atoms with E-state index in [2.05, 4.69) is 40.4 Å². The van der Waals surface area contributed by atoms with Gasteiger partial charge in [-0.15, -0.1) is 0 Å². The van der Waals surface area contributed by atoms with Gasteiger partial charge in [-0.1, -0.05) is 0 Å². The molecule has 0 amide bonds. The second kappa shape index (κ2) is 13.2. The summed E-state index contributed by atoms with van der Waals surface area (Å²) in [5.41, 5.74) is -0.389. The third-order valence-electron chi connectivity index (χ3n) is 4.91. The first-order valence-electron chi connectivity index (χ1n) is 10.5. The van der Waals surface area contributed by atoms with E-state index in [1.807, 2.05) is 20.8 Å². The van der Waals surface area contributed by atoms with Crippen LogP contribution >= 0.6 is 0 Å². The van der Waals surface area contributed by atoms with E-state index >= 15 is 0 Å². The SMILES string of the molecule is CCC[CH2][Sn]([CH2]CCC)([CH2]CCC)/[C](=C(\[O-])OC(C)(C)C)[Si](C)(C)C.[Li+]. The van der Waals surface area contributed by atoms with Gasteiger partial charge in [-0.3, -0.25) is 0 Å². The maximum Gasteiger partial charge on any atom is 1.00 e. The number of rotatable bonds is 12. The minimum absolute atomic E-state index is 0. The van der Waals surface area contributed by atoms with E-state index in [0.29, 0.717) is 0 Å². The Labute approximate surface area is 182 Å². The van der Waals surface area contributed by atoms with E-state index in [1.165, 1.54) is 55.0 Å². The molecule has 0 fully saturated rings. The predicted octanol–water partition coefficient (Wildman–Crippen LogP) is 3.64. The van der Waals surface area contributed by atoms with Crippen LogP contribution in [-0.4, -0.2) is 32.1 Å². The second-order valence-electron chi connectivity index (χ2n) is 9.72. The van der Waals surface area contributed by atoms with Crippen LogP contribution in [0.4, 0.5) is 0 Å². The number of hydrogen-bond acceptors (Lipinski definition) is 2. The third kappa shape index (κ3) is 10.5. The van der Waals surface area contributed by atoms with Crippen molar-refractivity contribution in [1.29, 1.82) is 0 Å². The number of unbranched alkanes of at least 4 members (excludes halogenated alkanes) is 3. The first-order valence-corrected chi connectivity index (χ1v) is 21.5. The number of hydrogen-bond donors (Lipinski definition) is 0. The van der Waals surface area contributed by atoms with Crippen LogP contribution in [0.15, 0.2) is 9.16 Å². The zero-order valence-electron chi connectivity index (χ0n) is 19.7. The van der Waals surface area contributed by atoms with Crippen molar-refractivity contribution in [3.63, 3.8) is 0 Å². The van der Waals surface area contributed by atoms with Gasteiger partial charge in [0.1, 0.15) is 0 Å². The van der Waals surface area contributed by atoms with E-state index < -0.39 is 26.5 Å². The minimum atomic E-state index is -2.72. The van der Waals surface area contributed by atoms with Crippen molar-refractivity contribution in [3.05, 3.63) is 9.16 Å². The Bertz CT molecular complexity index is 389. The Morgan fingerprint density at radius 1 is 0.846 bits per heavy atom. The maximum absolute atomic E-state index is 13.4. The van der Waals surface area contributed by atoms with Gasteiger partial charge in [0.15, 0.2) is 0 Å². The Kier molecular flexibility index (Phi) is 14.8. The fourth-order valence-electron chi connectivity index (χ4n) is 3.94. The Morgan fingerprint density at radius 3 is 1.42 bits per heavy atom. The molecule has 0 atom stereocenters. The fraction of sp³-hybridized carbons (Fsp3) is 0.905. The Morgan fingerprint density at radius 2 is 1.19 bits per heavy atom. The van der Waals surface area contributed by atoms with Crippen LogP contribution in [0, 0.1) is 0 Å². The Balaban J connectivity index is 0. The molecule has 0 N–H and O–H groups in total. The van der Waals surface area contributed by atoms with Gasteiger partial charge in [-0.25, -0.2) is 0 Å². The Hall–Kier alpha value is 0.953. The summed E-state index contributed by atoms with van der Waals surface area (Å²) in [6, 6.07) is 0. The largest absolute Gasteiger partial charge is 1.00 e. The summed E-state index contributed by atoms with van der Waals surface area (Å²) in [5.74, 6) is 0.0887. The van der Waals surface area contributed by atoms with Crippen LogP contribution in [0.5, 0.6) is 0 Å². The van der Waals surface area contributed by atoms with Crippen molar-refractivity contribution in [2.45, 2.75) is 119 Å². The van der Waals surface area contributed by atoms with E-state index in [4.69, 9.17) is 4.74 Å². The molecule has 0 aromatic rings. The average Bonchev–Trinajstić information content (AvgIpc) is 2.45. The minimum Gasteiger partial charge on any atom is 1.00 e. The van der Waals surface area contributed by atoms with Crippen molar-refractivity contribution >= 4 is 26.5 Å². The molecule has 0 rings (SSSR count). The topological polar surface area (TPSA) is 32.3 Å². The maximum atomic E-state index is 13.4. The summed E-state index contributed by atoms with van der Waals surface area (Å²) >= 11 is -2.72. The van der Waals surface area contributed by atoms with Gasteiger partial charge in [0.2, 0.25) is 0 Å². The molecule has 0 aromatic carbocycles. The monoisotopic (exact) mass is 484 g/mol. The first-order chi connectivity index (χ1) is 11.4. The molecule has 0 saturated heterocycles. The molecule has 0 saturated carbocycles. The molecule has 0 aliphatic carbocycles. The van der Waals surface area contributed by atoms with Crippen LogP contribution in [0.3, 0.4) is 0 Å². The molecule has 0 spiro atoms. The van der Waals surface area contributed by atoms with Crippen molar-refractivity contribution in [2.24, 2.45) is 0 Å². The molecule has 0 aliphatic heterocycles. The van der Waals surface area contributed by atoms with Crippen LogP contribution in [-0.2, 0) is 4.74 Å². The molecule has 0 aromatic heterocycles. The molecule has 0 heterocycles. The summed E-state index contributed by atoms with van der Waals surface area (Å²) < 4.78 is 11.4. The van der Waals surface area contributed by atoms with E-state index in [0.717, 1.165) is 0 Å². The summed E-state index contributed by atoms with van der Waals surface area (Å²) in [4.78, 5) is 0. The normalized spacial score (nSPS) is 13.9. The molecule has 150 valence electrons. The molecule has 0 radical (unpaired) electrons. The third-order valence-corrected chi connectivity index (χ3v) is 31.4. The van der Waals surface area contributed by atoms with Crippen LogP contribution in [0.1, 0.15) is 80.1 Å². The quantitative estimate of drug-likeness (QED) is 0.314. The molecule has 0 aliphatic rings. The summed E-state index contributed by atoms with van der Waals surface area (Å²) in [6.07, 6.45) is 7.60. The second-order valence-corrected chi connectivity index (χ2v) is 29.2. The van der Waals surface area contributed by atoms with E-state index in [1.54, 1.807) is 0 Å². The van der Waals surface area contributed by atoms with Gasteiger partial charge < -0.3 is 0 Å². The van der Waals surface area contributed by atoms with Crippen molar-refractivity contribution in [2.75, 3.05) is 0 Å². The zero-order chi connectivity index (χ0) is 19.7. The molecular weight excluding hydrogens is 438 g/mol. The van der Waals surface area contributed by atoms with E-state index in [9.17, 15) is 5.11 Å². The summed E-state index contributed by atoms with van der Waals surface area (Å²) in [5, 5.41) is 13.4. The van der Waals surface area contributed by atoms with Crippen LogP contribution < -0.4 is 24.0 Å². The van der Waals surface area contributed by atoms with Crippen molar-refractivity contribution < 1.29 is 28.7 Å². The van der Waals surface area contributed by atoms with Gasteiger partial charge in [0.05, 0.1) is 0 Å². The zero-order valence-corrected chi connectivity index (χ0v) is 23.5. The molecule has 0 unspecified atom stereocenters. The first kappa shape index (κ1) is 29.2. The number of ether oxygens (including phenoxy) is 1. The van der Waals surface area contributed by atoms with Gasteiger partial charge in [0.25, 0.3) is 0 Å². The van der Waals surface area contributed by atoms with Crippen molar-refractivity contribution in [1.82, 2.24) is 0 Å². The molecule has 2 nitrogen and oxygen atoms in total. The van der Waals surface area contributed by atoms with Gasteiger partial charge in [-0.2, -0.15) is 0 Å². The van der Waals surface area contributed by atoms with Crippen molar-refractivity contribution in [3.8, 4) is 0 Å².